The highest BCUT2D eigenvalue weighted by atomic mass is 32.2. The molecule has 0 radical (unpaired) electrons. The summed E-state index contributed by atoms with van der Waals surface area (Å²) in [5.41, 5.74) is 0. The van der Waals surface area contributed by atoms with E-state index in [-0.39, 0.29) is 6.42 Å². The Morgan fingerprint density at radius 2 is 0.865 bits per heavy atom. The minimum absolute atomic E-state index is 0.274. The van der Waals surface area contributed by atoms with Crippen LogP contribution in [0.3, 0.4) is 0 Å². The number of carbonyl (C=O) groups excluding carboxylic acids is 1. The van der Waals surface area contributed by atoms with Gasteiger partial charge in [-0.05, 0) is 44.9 Å². The third kappa shape index (κ3) is 36.9. The molecule has 0 bridgehead atoms. The van der Waals surface area contributed by atoms with Crippen molar-refractivity contribution in [2.24, 2.45) is 0 Å². The second-order valence-corrected chi connectivity index (χ2v) is 16.6. The first-order chi connectivity index (χ1) is 25.2. The van der Waals surface area contributed by atoms with Crippen molar-refractivity contribution in [3.8, 4) is 0 Å². The maximum Gasteiger partial charge on any atom is 0.267 e. The molecule has 0 aromatic heterocycles. The lowest BCUT2D eigenvalue weighted by Gasteiger charge is -2.22. The highest BCUT2D eigenvalue weighted by Gasteiger charge is 2.27. The molecule has 3 atom stereocenters. The average Bonchev–Trinajstić information content (AvgIpc) is 3.11. The number of carbonyl (C=O) groups is 1. The van der Waals surface area contributed by atoms with Crippen molar-refractivity contribution in [1.82, 2.24) is 5.32 Å². The molecule has 0 aliphatic rings. The molecule has 0 aromatic rings. The number of rotatable bonds is 39. The van der Waals surface area contributed by atoms with Gasteiger partial charge in [-0.1, -0.05) is 204 Å². The van der Waals surface area contributed by atoms with E-state index in [0.717, 1.165) is 44.9 Å². The zero-order valence-corrected chi connectivity index (χ0v) is 34.6. The van der Waals surface area contributed by atoms with E-state index in [1.807, 2.05) is 0 Å². The van der Waals surface area contributed by atoms with Crippen molar-refractivity contribution in [3.63, 3.8) is 0 Å². The first kappa shape index (κ1) is 50.5. The van der Waals surface area contributed by atoms with Crippen LogP contribution in [0.5, 0.6) is 0 Å². The number of allylic oxidation sites excluding steroid dienone is 5. The second-order valence-electron chi connectivity index (χ2n) is 15.1. The molecule has 306 valence electrons. The van der Waals surface area contributed by atoms with E-state index in [0.29, 0.717) is 12.8 Å². The molecule has 0 rings (SSSR count). The van der Waals surface area contributed by atoms with Crippen LogP contribution in [0, 0.1) is 0 Å². The van der Waals surface area contributed by atoms with Gasteiger partial charge in [-0.15, -0.1) is 0 Å². The first-order valence-electron chi connectivity index (χ1n) is 21.8. The Balaban J connectivity index is 4.07. The molecule has 3 unspecified atom stereocenters. The second kappa shape index (κ2) is 37.8. The highest BCUT2D eigenvalue weighted by Crippen LogP contribution is 2.15. The zero-order valence-electron chi connectivity index (χ0n) is 33.8. The normalized spacial score (nSPS) is 14.2. The van der Waals surface area contributed by atoms with Gasteiger partial charge in [-0.2, -0.15) is 8.42 Å². The van der Waals surface area contributed by atoms with E-state index in [1.54, 1.807) is 6.08 Å². The molecule has 0 spiro atoms. The molecule has 7 nitrogen and oxygen atoms in total. The number of unbranched alkanes of at least 4 members (excludes halogenated alkanes) is 26. The van der Waals surface area contributed by atoms with Gasteiger partial charge in [-0.3, -0.25) is 9.35 Å². The number of nitrogens with one attached hydrogen (secondary N) is 1. The Morgan fingerprint density at radius 3 is 1.27 bits per heavy atom. The van der Waals surface area contributed by atoms with E-state index in [2.05, 4.69) is 43.5 Å². The van der Waals surface area contributed by atoms with Crippen LogP contribution in [0.25, 0.3) is 0 Å². The van der Waals surface area contributed by atoms with Gasteiger partial charge in [0.25, 0.3) is 10.1 Å². The molecule has 8 heteroatoms. The van der Waals surface area contributed by atoms with Crippen molar-refractivity contribution in [3.05, 3.63) is 36.5 Å². The van der Waals surface area contributed by atoms with E-state index in [1.165, 1.54) is 141 Å². The summed E-state index contributed by atoms with van der Waals surface area (Å²) in [6, 6.07) is -1.25. The molecular weight excluding hydrogens is 671 g/mol. The minimum Gasteiger partial charge on any atom is -0.387 e. The van der Waals surface area contributed by atoms with Crippen molar-refractivity contribution in [1.29, 1.82) is 0 Å². The Kier molecular flexibility index (Phi) is 36.7. The standard InChI is InChI=1S/C44H83NO6S/c1-3-5-7-9-11-13-15-17-19-21-23-24-26-28-30-32-34-36-38-42(46)41(40-52(49,50)51)45-44(48)43(47)39-37-35-33-31-29-27-25-22-20-18-16-14-12-10-8-6-4-2/h21,23,28,30,36,38,41-43,46-47H,3-20,22,24-27,29,31-35,37,39-40H2,1-2H3,(H,45,48)(H,49,50,51)/b23-21+,30-28+,38-36+. The lowest BCUT2D eigenvalue weighted by Crippen LogP contribution is -2.50. The summed E-state index contributed by atoms with van der Waals surface area (Å²) in [7, 11) is -4.45. The number of hydrogen-bond acceptors (Lipinski definition) is 5. The molecule has 0 saturated carbocycles. The summed E-state index contributed by atoms with van der Waals surface area (Å²) in [5, 5.41) is 23.4. The van der Waals surface area contributed by atoms with Crippen molar-refractivity contribution < 1.29 is 28.0 Å². The number of aliphatic hydroxyl groups is 2. The first-order valence-corrected chi connectivity index (χ1v) is 23.4. The SMILES string of the molecule is CCCCCCCCCC/C=C/CC/C=C/CC/C=C/C(O)C(CS(=O)(=O)O)NC(=O)C(O)CCCCCCCCCCCCCCCCCCC. The number of amides is 1. The molecule has 0 aliphatic carbocycles. The summed E-state index contributed by atoms with van der Waals surface area (Å²) in [6.45, 7) is 4.52. The lowest BCUT2D eigenvalue weighted by atomic mass is 10.0. The van der Waals surface area contributed by atoms with Crippen molar-refractivity contribution >= 4 is 16.0 Å². The van der Waals surface area contributed by atoms with Crippen LogP contribution in [-0.4, -0.2) is 53.1 Å². The summed E-state index contributed by atoms with van der Waals surface area (Å²) in [4.78, 5) is 12.6. The van der Waals surface area contributed by atoms with Crippen LogP contribution in [-0.2, 0) is 14.9 Å². The smallest absolute Gasteiger partial charge is 0.267 e. The Labute approximate surface area is 321 Å². The van der Waals surface area contributed by atoms with Crippen molar-refractivity contribution in [2.45, 2.75) is 231 Å². The molecule has 0 aromatic carbocycles. The molecular formula is C44H83NO6S. The predicted molar refractivity (Wildman–Crippen MR) is 222 cm³/mol. The van der Waals surface area contributed by atoms with Crippen LogP contribution in [0.2, 0.25) is 0 Å². The van der Waals surface area contributed by atoms with Crippen LogP contribution in [0.1, 0.15) is 213 Å². The Morgan fingerprint density at radius 1 is 0.519 bits per heavy atom. The van der Waals surface area contributed by atoms with E-state index in [9.17, 15) is 28.0 Å². The molecule has 0 aliphatic heterocycles. The van der Waals surface area contributed by atoms with Crippen LogP contribution in [0.15, 0.2) is 36.5 Å². The topological polar surface area (TPSA) is 124 Å². The molecule has 0 fully saturated rings. The predicted octanol–water partition coefficient (Wildman–Crippen LogP) is 11.9. The van der Waals surface area contributed by atoms with Crippen LogP contribution < -0.4 is 5.32 Å². The van der Waals surface area contributed by atoms with Gasteiger partial charge in [0.05, 0.1) is 17.9 Å². The average molecular weight is 754 g/mol. The van der Waals surface area contributed by atoms with Gasteiger partial charge in [0.2, 0.25) is 5.91 Å². The summed E-state index contributed by atoms with van der Waals surface area (Å²) in [6.07, 6.45) is 46.3. The van der Waals surface area contributed by atoms with Gasteiger partial charge in [0, 0.05) is 0 Å². The number of hydrogen-bond donors (Lipinski definition) is 4. The fourth-order valence-corrected chi connectivity index (χ4v) is 7.28. The fraction of sp³-hybridized carbons (Fsp3) is 0.841. The highest BCUT2D eigenvalue weighted by molar-refractivity contribution is 7.85. The van der Waals surface area contributed by atoms with E-state index >= 15 is 0 Å². The molecule has 1 amide bonds. The van der Waals surface area contributed by atoms with Crippen LogP contribution in [0.4, 0.5) is 0 Å². The van der Waals surface area contributed by atoms with Gasteiger partial charge < -0.3 is 15.5 Å². The maximum absolute atomic E-state index is 12.6. The number of aliphatic hydroxyl groups excluding tert-OH is 2. The van der Waals surface area contributed by atoms with Gasteiger partial charge in [0.15, 0.2) is 0 Å². The molecule has 52 heavy (non-hydrogen) atoms. The largest absolute Gasteiger partial charge is 0.387 e. The summed E-state index contributed by atoms with van der Waals surface area (Å²) < 4.78 is 32.5. The molecule has 0 saturated heterocycles. The van der Waals surface area contributed by atoms with Crippen molar-refractivity contribution in [2.75, 3.05) is 5.75 Å². The summed E-state index contributed by atoms with van der Waals surface area (Å²) >= 11 is 0. The van der Waals surface area contributed by atoms with Gasteiger partial charge in [-0.25, -0.2) is 0 Å². The van der Waals surface area contributed by atoms with Gasteiger partial charge >= 0.3 is 0 Å². The molecule has 0 heterocycles. The summed E-state index contributed by atoms with van der Waals surface area (Å²) in [5.74, 6) is -1.56. The Hall–Kier alpha value is -1.48. The quantitative estimate of drug-likeness (QED) is 0.0281. The van der Waals surface area contributed by atoms with Crippen LogP contribution >= 0.6 is 0 Å². The monoisotopic (exact) mass is 754 g/mol. The van der Waals surface area contributed by atoms with E-state index in [4.69, 9.17) is 0 Å². The maximum atomic E-state index is 12.6. The third-order valence-electron chi connectivity index (χ3n) is 9.90. The van der Waals surface area contributed by atoms with Gasteiger partial charge in [0.1, 0.15) is 6.10 Å². The minimum atomic E-state index is -4.45. The zero-order chi connectivity index (χ0) is 38.4. The third-order valence-corrected chi connectivity index (χ3v) is 10.7. The molecule has 4 N–H and O–H groups in total. The fourth-order valence-electron chi connectivity index (χ4n) is 6.55. The lowest BCUT2D eigenvalue weighted by molar-refractivity contribution is -0.130. The Bertz CT molecular complexity index is 979. The van der Waals surface area contributed by atoms with E-state index < -0.39 is 40.0 Å².